The molecular formula is C19H26N4O4. The minimum Gasteiger partial charge on any atom is -0.333 e. The Balaban J connectivity index is 2.15. The number of imide groups is 2. The van der Waals surface area contributed by atoms with E-state index in [4.69, 9.17) is 0 Å². The van der Waals surface area contributed by atoms with Gasteiger partial charge >= 0.3 is 12.1 Å². The van der Waals surface area contributed by atoms with E-state index in [9.17, 15) is 19.2 Å². The third-order valence-electron chi connectivity index (χ3n) is 4.11. The van der Waals surface area contributed by atoms with Crippen LogP contribution in [0.2, 0.25) is 0 Å². The Morgan fingerprint density at radius 3 is 2.33 bits per heavy atom. The fourth-order valence-electron chi connectivity index (χ4n) is 3.06. The molecular weight excluding hydrogens is 348 g/mol. The summed E-state index contributed by atoms with van der Waals surface area (Å²) in [5.74, 6) is -1.23. The molecule has 0 unspecified atom stereocenters. The van der Waals surface area contributed by atoms with Crippen LogP contribution in [0.15, 0.2) is 30.3 Å². The van der Waals surface area contributed by atoms with Crippen LogP contribution in [0.3, 0.4) is 0 Å². The van der Waals surface area contributed by atoms with Crippen molar-refractivity contribution in [1.29, 1.82) is 0 Å². The van der Waals surface area contributed by atoms with Crippen molar-refractivity contribution in [1.82, 2.24) is 20.9 Å². The van der Waals surface area contributed by atoms with Gasteiger partial charge in [-0.25, -0.2) is 9.59 Å². The molecule has 27 heavy (non-hydrogen) atoms. The second kappa shape index (κ2) is 7.77. The number of nitrogens with zero attached hydrogens (tertiary/aromatic N) is 1. The third-order valence-corrected chi connectivity index (χ3v) is 4.11. The van der Waals surface area contributed by atoms with Crippen LogP contribution < -0.4 is 16.0 Å². The summed E-state index contributed by atoms with van der Waals surface area (Å²) in [6.07, 6.45) is 1.07. The summed E-state index contributed by atoms with van der Waals surface area (Å²) in [4.78, 5) is 50.3. The Kier molecular flexibility index (Phi) is 5.88. The molecule has 0 saturated carbocycles. The number of nitrogens with one attached hydrogen (secondary N) is 3. The molecule has 1 aromatic carbocycles. The van der Waals surface area contributed by atoms with Crippen LogP contribution in [0.4, 0.5) is 9.59 Å². The summed E-state index contributed by atoms with van der Waals surface area (Å²) in [6, 6.07) is 7.62. The molecule has 0 spiro atoms. The molecule has 0 bridgehead atoms. The third kappa shape index (κ3) is 4.64. The van der Waals surface area contributed by atoms with Gasteiger partial charge in [-0.2, -0.15) is 0 Å². The van der Waals surface area contributed by atoms with Crippen molar-refractivity contribution in [3.63, 3.8) is 0 Å². The minimum atomic E-state index is -1.19. The van der Waals surface area contributed by atoms with Crippen LogP contribution in [0.5, 0.6) is 0 Å². The standard InChI is InChI=1S/C19H26N4O4/c1-5-11-19(13-9-7-6-8-10-13)15(25)23(17(27)22-19)12-14(24)20-16(26)21-18(2,3)4/h6-10H,5,11-12H2,1-4H3,(H,22,27)(H2,20,21,24,26)/t19-/m0/s1. The van der Waals surface area contributed by atoms with Gasteiger partial charge in [0.25, 0.3) is 5.91 Å². The van der Waals surface area contributed by atoms with E-state index in [1.54, 1.807) is 45.0 Å². The molecule has 1 saturated heterocycles. The van der Waals surface area contributed by atoms with Crippen molar-refractivity contribution in [2.24, 2.45) is 0 Å². The van der Waals surface area contributed by atoms with E-state index < -0.39 is 41.5 Å². The van der Waals surface area contributed by atoms with Crippen LogP contribution in [0.1, 0.15) is 46.1 Å². The van der Waals surface area contributed by atoms with Gasteiger partial charge in [-0.3, -0.25) is 19.8 Å². The van der Waals surface area contributed by atoms with Gasteiger partial charge in [-0.05, 0) is 32.8 Å². The van der Waals surface area contributed by atoms with Crippen LogP contribution in [-0.4, -0.2) is 40.9 Å². The van der Waals surface area contributed by atoms with Gasteiger partial charge in [0, 0.05) is 5.54 Å². The predicted octanol–water partition coefficient (Wildman–Crippen LogP) is 1.86. The number of hydrogen-bond donors (Lipinski definition) is 3. The van der Waals surface area contributed by atoms with Crippen molar-refractivity contribution in [2.75, 3.05) is 6.54 Å². The van der Waals surface area contributed by atoms with E-state index in [1.807, 2.05) is 13.0 Å². The first kappa shape index (κ1) is 20.4. The fraction of sp³-hybridized carbons (Fsp3) is 0.474. The van der Waals surface area contributed by atoms with Crippen molar-refractivity contribution >= 4 is 23.9 Å². The van der Waals surface area contributed by atoms with Crippen LogP contribution in [0.25, 0.3) is 0 Å². The quantitative estimate of drug-likeness (QED) is 0.684. The molecule has 8 nitrogen and oxygen atoms in total. The molecule has 1 heterocycles. The predicted molar refractivity (Wildman–Crippen MR) is 99.7 cm³/mol. The minimum absolute atomic E-state index is 0.407. The van der Waals surface area contributed by atoms with Gasteiger partial charge in [0.2, 0.25) is 5.91 Å². The molecule has 6 amide bonds. The maximum atomic E-state index is 13.0. The number of carbonyl (C=O) groups is 4. The highest BCUT2D eigenvalue weighted by molar-refractivity contribution is 6.10. The number of carbonyl (C=O) groups excluding carboxylic acids is 4. The number of urea groups is 2. The number of rotatable bonds is 5. The van der Waals surface area contributed by atoms with Gasteiger partial charge in [0.15, 0.2) is 0 Å². The van der Waals surface area contributed by atoms with Crippen molar-refractivity contribution < 1.29 is 19.2 Å². The Bertz CT molecular complexity index is 742. The van der Waals surface area contributed by atoms with Gasteiger partial charge in [0.1, 0.15) is 12.1 Å². The Morgan fingerprint density at radius 1 is 1.15 bits per heavy atom. The van der Waals surface area contributed by atoms with E-state index in [0.717, 1.165) is 4.90 Å². The molecule has 1 atom stereocenters. The van der Waals surface area contributed by atoms with E-state index in [-0.39, 0.29) is 0 Å². The van der Waals surface area contributed by atoms with Gasteiger partial charge < -0.3 is 10.6 Å². The highest BCUT2D eigenvalue weighted by Crippen LogP contribution is 2.33. The van der Waals surface area contributed by atoms with Crippen LogP contribution >= 0.6 is 0 Å². The molecule has 146 valence electrons. The van der Waals surface area contributed by atoms with Crippen molar-refractivity contribution in [3.8, 4) is 0 Å². The van der Waals surface area contributed by atoms with Crippen molar-refractivity contribution in [3.05, 3.63) is 35.9 Å². The summed E-state index contributed by atoms with van der Waals surface area (Å²) in [5, 5.41) is 7.46. The molecule has 0 aromatic heterocycles. The first-order chi connectivity index (χ1) is 12.6. The van der Waals surface area contributed by atoms with E-state index in [1.165, 1.54) is 0 Å². The second-order valence-corrected chi connectivity index (χ2v) is 7.60. The fourth-order valence-corrected chi connectivity index (χ4v) is 3.06. The normalized spacial score (nSPS) is 19.6. The lowest BCUT2D eigenvalue weighted by atomic mass is 9.85. The van der Waals surface area contributed by atoms with Crippen LogP contribution in [0, 0.1) is 0 Å². The highest BCUT2D eigenvalue weighted by atomic mass is 16.2. The lowest BCUT2D eigenvalue weighted by Gasteiger charge is -2.26. The number of benzene rings is 1. The van der Waals surface area contributed by atoms with Gasteiger partial charge in [0.05, 0.1) is 0 Å². The van der Waals surface area contributed by atoms with Crippen LogP contribution in [-0.2, 0) is 15.1 Å². The van der Waals surface area contributed by atoms with E-state index >= 15 is 0 Å². The molecule has 0 radical (unpaired) electrons. The van der Waals surface area contributed by atoms with Gasteiger partial charge in [-0.1, -0.05) is 43.7 Å². The average molecular weight is 374 g/mol. The topological polar surface area (TPSA) is 108 Å². The smallest absolute Gasteiger partial charge is 0.325 e. The Hall–Kier alpha value is -2.90. The molecule has 1 aromatic rings. The maximum absolute atomic E-state index is 13.0. The lowest BCUT2D eigenvalue weighted by molar-refractivity contribution is -0.135. The summed E-state index contributed by atoms with van der Waals surface area (Å²) in [6.45, 7) is 6.70. The highest BCUT2D eigenvalue weighted by Gasteiger charge is 2.52. The zero-order valence-corrected chi connectivity index (χ0v) is 16.1. The molecule has 2 rings (SSSR count). The Labute approximate surface area is 158 Å². The largest absolute Gasteiger partial charge is 0.333 e. The maximum Gasteiger partial charge on any atom is 0.325 e. The number of hydrogen-bond acceptors (Lipinski definition) is 4. The molecule has 0 aliphatic carbocycles. The summed E-state index contributed by atoms with van der Waals surface area (Å²) in [5.41, 5.74) is -1.05. The molecule has 3 N–H and O–H groups in total. The zero-order chi connectivity index (χ0) is 20.2. The molecule has 8 heteroatoms. The monoisotopic (exact) mass is 374 g/mol. The first-order valence-electron chi connectivity index (χ1n) is 8.90. The van der Waals surface area contributed by atoms with E-state index in [2.05, 4.69) is 16.0 Å². The van der Waals surface area contributed by atoms with Gasteiger partial charge in [-0.15, -0.1) is 0 Å². The molecule has 1 aliphatic rings. The summed E-state index contributed by atoms with van der Waals surface area (Å²) < 4.78 is 0. The second-order valence-electron chi connectivity index (χ2n) is 7.60. The van der Waals surface area contributed by atoms with Crippen molar-refractivity contribution in [2.45, 2.75) is 51.6 Å². The summed E-state index contributed by atoms with van der Waals surface area (Å²) in [7, 11) is 0. The summed E-state index contributed by atoms with van der Waals surface area (Å²) >= 11 is 0. The lowest BCUT2D eigenvalue weighted by Crippen LogP contribution is -2.51. The number of amides is 6. The average Bonchev–Trinajstić information content (AvgIpc) is 2.79. The zero-order valence-electron chi connectivity index (χ0n) is 16.1. The molecule has 1 aliphatic heterocycles. The Morgan fingerprint density at radius 2 is 1.78 bits per heavy atom. The SMILES string of the molecule is CCC[C@@]1(c2ccccc2)NC(=O)N(CC(=O)NC(=O)NC(C)(C)C)C1=O. The first-order valence-corrected chi connectivity index (χ1v) is 8.90. The molecule has 1 fully saturated rings. The van der Waals surface area contributed by atoms with E-state index in [0.29, 0.717) is 18.4 Å².